The lowest BCUT2D eigenvalue weighted by Crippen LogP contribution is -2.48. The molecular weight excluding hydrogens is 478 g/mol. The normalized spacial score (nSPS) is 12.2. The second-order valence-corrected chi connectivity index (χ2v) is 9.96. The van der Waals surface area contributed by atoms with Crippen molar-refractivity contribution >= 4 is 33.4 Å². The maximum atomic E-state index is 13.2. The Bertz CT molecular complexity index is 1040. The number of hydrogen-bond acceptors (Lipinski definition) is 5. The maximum absolute atomic E-state index is 13.2. The fourth-order valence-corrected chi connectivity index (χ4v) is 4.46. The third-order valence-corrected chi connectivity index (χ3v) is 7.05. The Labute approximate surface area is 206 Å². The van der Waals surface area contributed by atoms with Gasteiger partial charge in [-0.05, 0) is 48.7 Å². The Morgan fingerprint density at radius 1 is 1.06 bits per heavy atom. The smallest absolute Gasteiger partial charge is 0.242 e. The van der Waals surface area contributed by atoms with E-state index in [-0.39, 0.29) is 29.7 Å². The van der Waals surface area contributed by atoms with Gasteiger partial charge in [-0.25, -0.2) is 13.1 Å². The number of hydrogen-bond donors (Lipinski definition) is 2. The summed E-state index contributed by atoms with van der Waals surface area (Å²) < 4.78 is 31.6. The molecule has 0 saturated heterocycles. The molecule has 34 heavy (non-hydrogen) atoms. The van der Waals surface area contributed by atoms with Gasteiger partial charge in [0.25, 0.3) is 0 Å². The first-order chi connectivity index (χ1) is 16.2. The molecule has 0 aromatic heterocycles. The number of nitrogens with one attached hydrogen (secondary N) is 2. The molecule has 0 aliphatic rings. The van der Waals surface area contributed by atoms with Crippen LogP contribution in [0.15, 0.2) is 53.4 Å². The number of halogens is 1. The largest absolute Gasteiger partial charge is 0.383 e. The van der Waals surface area contributed by atoms with Crippen LogP contribution in [0.5, 0.6) is 0 Å². The minimum absolute atomic E-state index is 0.169. The van der Waals surface area contributed by atoms with Gasteiger partial charge in [-0.3, -0.25) is 9.59 Å². The van der Waals surface area contributed by atoms with Gasteiger partial charge in [0.1, 0.15) is 6.04 Å². The van der Waals surface area contributed by atoms with E-state index in [0.29, 0.717) is 31.1 Å². The molecule has 0 aliphatic heterocycles. The van der Waals surface area contributed by atoms with Crippen molar-refractivity contribution in [1.29, 1.82) is 0 Å². The highest BCUT2D eigenvalue weighted by atomic mass is 35.5. The number of nitrogens with zero attached hydrogens (tertiary/aromatic N) is 1. The van der Waals surface area contributed by atoms with Crippen LogP contribution in [0.1, 0.15) is 31.4 Å². The van der Waals surface area contributed by atoms with E-state index >= 15 is 0 Å². The molecule has 2 aromatic carbocycles. The Hall–Kier alpha value is -2.46. The zero-order chi connectivity index (χ0) is 25.1. The molecular formula is C24H32ClN3O5S. The average molecular weight is 510 g/mol. The summed E-state index contributed by atoms with van der Waals surface area (Å²) in [6.07, 6.45) is 0.581. The van der Waals surface area contributed by atoms with Crippen molar-refractivity contribution in [1.82, 2.24) is 14.9 Å². The Morgan fingerprint density at radius 3 is 2.26 bits per heavy atom. The summed E-state index contributed by atoms with van der Waals surface area (Å²) in [6.45, 7) is 4.70. The maximum Gasteiger partial charge on any atom is 0.242 e. The van der Waals surface area contributed by atoms with Crippen LogP contribution >= 0.6 is 11.6 Å². The molecule has 0 spiro atoms. The van der Waals surface area contributed by atoms with Crippen LogP contribution in [0.3, 0.4) is 0 Å². The SMILES string of the molecule is CCNS(=O)(=O)c1ccc(CCC(=O)N(Cc2ccc(Cl)cc2)[C@@H](C)C(=O)NCCOC)cc1. The summed E-state index contributed by atoms with van der Waals surface area (Å²) in [6, 6.07) is 12.9. The highest BCUT2D eigenvalue weighted by molar-refractivity contribution is 7.89. The van der Waals surface area contributed by atoms with Crippen LogP contribution in [-0.4, -0.2) is 58.0 Å². The lowest BCUT2D eigenvalue weighted by Gasteiger charge is -2.29. The minimum Gasteiger partial charge on any atom is -0.383 e. The molecule has 2 amide bonds. The third kappa shape index (κ3) is 8.39. The van der Waals surface area contributed by atoms with Crippen LogP contribution in [0.25, 0.3) is 0 Å². The minimum atomic E-state index is -3.53. The number of carbonyl (C=O) groups excluding carboxylic acids is 2. The highest BCUT2D eigenvalue weighted by Crippen LogP contribution is 2.16. The third-order valence-electron chi connectivity index (χ3n) is 5.23. The first kappa shape index (κ1) is 27.8. The van der Waals surface area contributed by atoms with Crippen LogP contribution < -0.4 is 10.0 Å². The van der Waals surface area contributed by atoms with Crippen LogP contribution in [0.2, 0.25) is 5.02 Å². The highest BCUT2D eigenvalue weighted by Gasteiger charge is 2.26. The molecule has 0 saturated carbocycles. The van der Waals surface area contributed by atoms with E-state index < -0.39 is 16.1 Å². The quantitative estimate of drug-likeness (QED) is 0.404. The molecule has 186 valence electrons. The van der Waals surface area contributed by atoms with Crippen molar-refractivity contribution in [3.63, 3.8) is 0 Å². The fourth-order valence-electron chi connectivity index (χ4n) is 3.30. The van der Waals surface area contributed by atoms with Crippen LogP contribution in [-0.2, 0) is 37.3 Å². The molecule has 8 nitrogen and oxygen atoms in total. The van der Waals surface area contributed by atoms with E-state index in [1.807, 2.05) is 12.1 Å². The summed E-state index contributed by atoms with van der Waals surface area (Å²) in [4.78, 5) is 27.5. The summed E-state index contributed by atoms with van der Waals surface area (Å²) >= 11 is 5.97. The number of sulfonamides is 1. The van der Waals surface area contributed by atoms with Gasteiger partial charge in [-0.15, -0.1) is 0 Å². The number of benzene rings is 2. The summed E-state index contributed by atoms with van der Waals surface area (Å²) in [5.41, 5.74) is 1.68. The molecule has 0 fully saturated rings. The van der Waals surface area contributed by atoms with Crippen molar-refractivity contribution in [3.05, 3.63) is 64.7 Å². The van der Waals surface area contributed by atoms with Gasteiger partial charge < -0.3 is 15.0 Å². The standard InChI is InChI=1S/C24H32ClN3O5S/c1-4-27-34(31,32)22-12-7-19(8-13-22)9-14-23(29)28(17-20-5-10-21(25)11-6-20)18(2)24(30)26-15-16-33-3/h5-8,10-13,18,27H,4,9,14-17H2,1-3H3,(H,26,30)/t18-/m0/s1. The summed E-state index contributed by atoms with van der Waals surface area (Å²) in [7, 11) is -1.98. The van der Waals surface area contributed by atoms with Gasteiger partial charge in [0.2, 0.25) is 21.8 Å². The van der Waals surface area contributed by atoms with Gasteiger partial charge >= 0.3 is 0 Å². The number of amides is 2. The molecule has 0 unspecified atom stereocenters. The van der Waals surface area contributed by atoms with E-state index in [1.54, 1.807) is 45.2 Å². The predicted molar refractivity (Wildman–Crippen MR) is 132 cm³/mol. The number of aryl methyl sites for hydroxylation is 1. The zero-order valence-corrected chi connectivity index (χ0v) is 21.3. The van der Waals surface area contributed by atoms with Gasteiger partial charge in [-0.2, -0.15) is 0 Å². The molecule has 0 radical (unpaired) electrons. The van der Waals surface area contributed by atoms with E-state index in [1.165, 1.54) is 17.0 Å². The number of carbonyl (C=O) groups is 2. The molecule has 2 N–H and O–H groups in total. The van der Waals surface area contributed by atoms with Gasteiger partial charge in [0.15, 0.2) is 0 Å². The monoisotopic (exact) mass is 509 g/mol. The topological polar surface area (TPSA) is 105 Å². The summed E-state index contributed by atoms with van der Waals surface area (Å²) in [5, 5.41) is 3.37. The Kier molecular flexibility index (Phi) is 11.0. The second-order valence-electron chi connectivity index (χ2n) is 7.75. The summed E-state index contributed by atoms with van der Waals surface area (Å²) in [5.74, 6) is -0.453. The molecule has 0 aliphatic carbocycles. The lowest BCUT2D eigenvalue weighted by molar-refractivity contribution is -0.140. The molecule has 0 bridgehead atoms. The molecule has 2 rings (SSSR count). The molecule has 10 heteroatoms. The lowest BCUT2D eigenvalue weighted by atomic mass is 10.1. The number of rotatable bonds is 13. The van der Waals surface area contributed by atoms with Crippen LogP contribution in [0, 0.1) is 0 Å². The molecule has 2 aromatic rings. The van der Waals surface area contributed by atoms with Crippen molar-refractivity contribution in [2.75, 3.05) is 26.8 Å². The van der Waals surface area contributed by atoms with Crippen LogP contribution in [0.4, 0.5) is 0 Å². The zero-order valence-electron chi connectivity index (χ0n) is 19.7. The van der Waals surface area contributed by atoms with E-state index in [2.05, 4.69) is 10.0 Å². The first-order valence-electron chi connectivity index (χ1n) is 11.1. The Morgan fingerprint density at radius 2 is 1.68 bits per heavy atom. The molecule has 0 heterocycles. The van der Waals surface area contributed by atoms with Crippen molar-refractivity contribution in [2.45, 2.75) is 44.2 Å². The van der Waals surface area contributed by atoms with Crippen molar-refractivity contribution in [2.24, 2.45) is 0 Å². The van der Waals surface area contributed by atoms with E-state index in [4.69, 9.17) is 16.3 Å². The van der Waals surface area contributed by atoms with Gasteiger partial charge in [0, 0.05) is 38.2 Å². The van der Waals surface area contributed by atoms with Gasteiger partial charge in [-0.1, -0.05) is 42.8 Å². The van der Waals surface area contributed by atoms with E-state index in [9.17, 15) is 18.0 Å². The predicted octanol–water partition coefficient (Wildman–Crippen LogP) is 2.75. The first-order valence-corrected chi connectivity index (χ1v) is 12.9. The van der Waals surface area contributed by atoms with Gasteiger partial charge in [0.05, 0.1) is 11.5 Å². The second kappa shape index (κ2) is 13.4. The van der Waals surface area contributed by atoms with Crippen molar-refractivity contribution < 1.29 is 22.7 Å². The fraction of sp³-hybridized carbons (Fsp3) is 0.417. The van der Waals surface area contributed by atoms with E-state index in [0.717, 1.165) is 11.1 Å². The average Bonchev–Trinajstić information content (AvgIpc) is 2.82. The van der Waals surface area contributed by atoms with Crippen molar-refractivity contribution in [3.8, 4) is 0 Å². The number of methoxy groups -OCH3 is 1. The molecule has 1 atom stereocenters. The number of ether oxygens (including phenoxy) is 1. The Balaban J connectivity index is 2.10.